The van der Waals surface area contributed by atoms with E-state index in [-0.39, 0.29) is 0 Å². The van der Waals surface area contributed by atoms with Gasteiger partial charge < -0.3 is 4.74 Å². The maximum atomic E-state index is 12.0. The topological polar surface area (TPSA) is 43.4 Å². The summed E-state index contributed by atoms with van der Waals surface area (Å²) in [4.78, 5) is 23.9. The summed E-state index contributed by atoms with van der Waals surface area (Å²) in [5.74, 6) is -1.13. The highest BCUT2D eigenvalue weighted by atomic mass is 16.6. The summed E-state index contributed by atoms with van der Waals surface area (Å²) in [5, 5.41) is 3.69. The first-order chi connectivity index (χ1) is 10.2. The molecule has 3 heteroatoms. The molecule has 21 heavy (non-hydrogen) atoms. The zero-order valence-electron chi connectivity index (χ0n) is 11.5. The highest BCUT2D eigenvalue weighted by Gasteiger charge is 2.27. The maximum Gasteiger partial charge on any atom is 0.346 e. The van der Waals surface area contributed by atoms with E-state index in [9.17, 15) is 9.59 Å². The van der Waals surface area contributed by atoms with Gasteiger partial charge >= 0.3 is 11.9 Å². The molecule has 3 aromatic carbocycles. The molecule has 4 rings (SSSR count). The molecule has 0 unspecified atom stereocenters. The first-order valence-corrected chi connectivity index (χ1v) is 6.94. The predicted molar refractivity (Wildman–Crippen MR) is 80.6 cm³/mol. The van der Waals surface area contributed by atoms with Gasteiger partial charge in [-0.15, -0.1) is 0 Å². The number of esters is 2. The summed E-state index contributed by atoms with van der Waals surface area (Å²) in [6.45, 7) is 2.10. The van der Waals surface area contributed by atoms with Crippen molar-refractivity contribution in [2.45, 2.75) is 13.3 Å². The zero-order chi connectivity index (χ0) is 14.6. The third kappa shape index (κ3) is 1.61. The van der Waals surface area contributed by atoms with Crippen LogP contribution in [0.25, 0.3) is 21.5 Å². The van der Waals surface area contributed by atoms with Crippen molar-refractivity contribution in [3.05, 3.63) is 59.2 Å². The van der Waals surface area contributed by atoms with E-state index >= 15 is 0 Å². The molecular formula is C18H12O3. The van der Waals surface area contributed by atoms with E-state index in [2.05, 4.69) is 19.1 Å². The van der Waals surface area contributed by atoms with E-state index in [1.165, 1.54) is 5.56 Å². The Hall–Kier alpha value is -2.68. The normalized spacial score (nSPS) is 13.8. The van der Waals surface area contributed by atoms with E-state index < -0.39 is 11.9 Å². The van der Waals surface area contributed by atoms with Crippen LogP contribution < -0.4 is 0 Å². The Bertz CT molecular complexity index is 938. The molecule has 0 fully saturated rings. The molecule has 0 bridgehead atoms. The van der Waals surface area contributed by atoms with Crippen LogP contribution in [0.2, 0.25) is 0 Å². The Morgan fingerprint density at radius 1 is 0.905 bits per heavy atom. The minimum absolute atomic E-state index is 0.464. The van der Waals surface area contributed by atoms with Crippen molar-refractivity contribution < 1.29 is 14.3 Å². The Labute approximate surface area is 121 Å². The monoisotopic (exact) mass is 276 g/mol. The molecule has 0 amide bonds. The smallest absolute Gasteiger partial charge is 0.346 e. The lowest BCUT2D eigenvalue weighted by atomic mass is 9.91. The van der Waals surface area contributed by atoms with Gasteiger partial charge in [0, 0.05) is 5.39 Å². The minimum Gasteiger partial charge on any atom is -0.386 e. The van der Waals surface area contributed by atoms with Crippen LogP contribution in [-0.4, -0.2) is 11.9 Å². The van der Waals surface area contributed by atoms with Gasteiger partial charge in [0.2, 0.25) is 0 Å². The van der Waals surface area contributed by atoms with Gasteiger partial charge in [-0.2, -0.15) is 0 Å². The third-order valence-corrected chi connectivity index (χ3v) is 4.07. The first-order valence-electron chi connectivity index (χ1n) is 6.94. The van der Waals surface area contributed by atoms with Crippen molar-refractivity contribution in [2.24, 2.45) is 0 Å². The van der Waals surface area contributed by atoms with Crippen LogP contribution in [0.3, 0.4) is 0 Å². The molecule has 0 radical (unpaired) electrons. The lowest BCUT2D eigenvalue weighted by Gasteiger charge is -2.17. The standard InChI is InChI=1S/C18H12O3/c1-2-10-6-7-11-9-15-16-12(14(11)8-10)4-3-5-13(16)17(19)21-18(15)20/h3-9H,2H2,1H3. The van der Waals surface area contributed by atoms with Crippen LogP contribution in [0.1, 0.15) is 33.2 Å². The number of cyclic esters (lactones) is 2. The van der Waals surface area contributed by atoms with Crippen molar-refractivity contribution in [3.8, 4) is 0 Å². The van der Waals surface area contributed by atoms with Crippen molar-refractivity contribution in [1.82, 2.24) is 0 Å². The van der Waals surface area contributed by atoms with Gasteiger partial charge in [-0.1, -0.05) is 37.3 Å². The van der Waals surface area contributed by atoms with Crippen LogP contribution in [-0.2, 0) is 11.2 Å². The Morgan fingerprint density at radius 3 is 2.52 bits per heavy atom. The molecule has 1 aliphatic heterocycles. The van der Waals surface area contributed by atoms with Gasteiger partial charge in [-0.3, -0.25) is 0 Å². The number of carbonyl (C=O) groups is 2. The highest BCUT2D eigenvalue weighted by molar-refractivity contribution is 6.25. The largest absolute Gasteiger partial charge is 0.386 e. The Morgan fingerprint density at radius 2 is 1.71 bits per heavy atom. The molecule has 1 heterocycles. The first kappa shape index (κ1) is 12.1. The number of carbonyl (C=O) groups excluding carboxylic acids is 2. The number of ether oxygens (including phenoxy) is 1. The lowest BCUT2D eigenvalue weighted by molar-refractivity contribution is 0.0391. The summed E-state index contributed by atoms with van der Waals surface area (Å²) in [7, 11) is 0. The van der Waals surface area contributed by atoms with E-state index in [1.54, 1.807) is 6.07 Å². The number of benzene rings is 3. The van der Waals surface area contributed by atoms with Gasteiger partial charge in [0.15, 0.2) is 0 Å². The molecule has 0 N–H and O–H groups in total. The number of rotatable bonds is 1. The second-order valence-electron chi connectivity index (χ2n) is 5.24. The van der Waals surface area contributed by atoms with E-state index in [0.29, 0.717) is 16.5 Å². The molecule has 0 saturated carbocycles. The molecule has 1 aliphatic rings. The van der Waals surface area contributed by atoms with Crippen LogP contribution in [0.4, 0.5) is 0 Å². The van der Waals surface area contributed by atoms with E-state index in [0.717, 1.165) is 22.6 Å². The molecule has 0 spiro atoms. The molecule has 102 valence electrons. The highest BCUT2D eigenvalue weighted by Crippen LogP contribution is 2.34. The number of fused-ring (bicyclic) bond motifs is 2. The average Bonchev–Trinajstić information content (AvgIpc) is 2.51. The third-order valence-electron chi connectivity index (χ3n) is 4.07. The molecule has 0 aromatic heterocycles. The van der Waals surface area contributed by atoms with Crippen molar-refractivity contribution in [3.63, 3.8) is 0 Å². The fraction of sp³-hybridized carbons (Fsp3) is 0.111. The molecule has 0 saturated heterocycles. The van der Waals surface area contributed by atoms with Crippen molar-refractivity contribution in [2.75, 3.05) is 0 Å². The van der Waals surface area contributed by atoms with Gasteiger partial charge in [0.25, 0.3) is 0 Å². The van der Waals surface area contributed by atoms with Gasteiger partial charge in [0.05, 0.1) is 11.1 Å². The van der Waals surface area contributed by atoms with E-state index in [1.807, 2.05) is 24.3 Å². The SMILES string of the molecule is CCc1ccc2cc3c4c(cccc4c2c1)C(=O)OC3=O. The summed E-state index contributed by atoms with van der Waals surface area (Å²) >= 11 is 0. The van der Waals surface area contributed by atoms with Crippen LogP contribution in [0.5, 0.6) is 0 Å². The lowest BCUT2D eigenvalue weighted by Crippen LogP contribution is -2.19. The molecular weight excluding hydrogens is 264 g/mol. The maximum absolute atomic E-state index is 12.0. The molecule has 0 atom stereocenters. The summed E-state index contributed by atoms with van der Waals surface area (Å²) in [6, 6.07) is 13.5. The predicted octanol–water partition coefficient (Wildman–Crippen LogP) is 3.87. The van der Waals surface area contributed by atoms with Gasteiger partial charge in [-0.25, -0.2) is 9.59 Å². The van der Waals surface area contributed by atoms with Gasteiger partial charge in [0.1, 0.15) is 0 Å². The molecule has 0 aliphatic carbocycles. The second kappa shape index (κ2) is 4.16. The van der Waals surface area contributed by atoms with Crippen molar-refractivity contribution >= 4 is 33.5 Å². The van der Waals surface area contributed by atoms with Crippen LogP contribution in [0.15, 0.2) is 42.5 Å². The second-order valence-corrected chi connectivity index (χ2v) is 5.24. The fourth-order valence-corrected chi connectivity index (χ4v) is 3.00. The quantitative estimate of drug-likeness (QED) is 0.385. The summed E-state index contributed by atoms with van der Waals surface area (Å²) in [5.41, 5.74) is 2.16. The van der Waals surface area contributed by atoms with E-state index in [4.69, 9.17) is 4.74 Å². The summed E-state index contributed by atoms with van der Waals surface area (Å²) in [6.07, 6.45) is 0.944. The van der Waals surface area contributed by atoms with Crippen LogP contribution >= 0.6 is 0 Å². The van der Waals surface area contributed by atoms with Crippen LogP contribution in [0, 0.1) is 0 Å². The fourth-order valence-electron chi connectivity index (χ4n) is 3.00. The van der Waals surface area contributed by atoms with Crippen molar-refractivity contribution in [1.29, 1.82) is 0 Å². The number of aryl methyl sites for hydroxylation is 1. The summed E-state index contributed by atoms with van der Waals surface area (Å²) < 4.78 is 4.82. The number of hydrogen-bond donors (Lipinski definition) is 0. The zero-order valence-corrected chi connectivity index (χ0v) is 11.5. The Balaban J connectivity index is 2.25. The molecule has 3 nitrogen and oxygen atoms in total. The van der Waals surface area contributed by atoms with Gasteiger partial charge in [-0.05, 0) is 40.3 Å². The molecule has 3 aromatic rings. The number of hydrogen-bond acceptors (Lipinski definition) is 3. The average molecular weight is 276 g/mol. The Kier molecular flexibility index (Phi) is 2.39. The minimum atomic E-state index is -0.566.